The van der Waals surface area contributed by atoms with Crippen LogP contribution in [-0.4, -0.2) is 5.11 Å². The average Bonchev–Trinajstić information content (AvgIpc) is 3.45. The summed E-state index contributed by atoms with van der Waals surface area (Å²) in [5, 5.41) is 11.4. The highest BCUT2D eigenvalue weighted by atomic mass is 35.5. The lowest BCUT2D eigenvalue weighted by atomic mass is 9.54. The molecule has 2 atom stereocenters. The van der Waals surface area contributed by atoms with Gasteiger partial charge in [-0.3, -0.25) is 0 Å². The summed E-state index contributed by atoms with van der Waals surface area (Å²) in [6.07, 6.45) is 9.99. The van der Waals surface area contributed by atoms with Crippen LogP contribution in [0.1, 0.15) is 46.3 Å². The van der Waals surface area contributed by atoms with E-state index in [4.69, 9.17) is 20.4 Å². The lowest BCUT2D eigenvalue weighted by Crippen LogP contribution is -2.59. The van der Waals surface area contributed by atoms with Crippen LogP contribution in [0, 0.1) is 0 Å². The molecule has 1 aliphatic carbocycles. The van der Waals surface area contributed by atoms with Crippen molar-refractivity contribution in [2.45, 2.75) is 23.8 Å². The topological polar surface area (TPSA) is 50.4 Å². The molecule has 5 heterocycles. The van der Waals surface area contributed by atoms with Gasteiger partial charge in [-0.15, -0.1) is 0 Å². The Bertz CT molecular complexity index is 1150. The monoisotopic (exact) mass is 390 g/mol. The van der Waals surface area contributed by atoms with E-state index in [9.17, 15) is 5.11 Å². The van der Waals surface area contributed by atoms with E-state index in [1.165, 1.54) is 0 Å². The second kappa shape index (κ2) is 5.52. The number of phenols is 1. The van der Waals surface area contributed by atoms with Gasteiger partial charge in [0.1, 0.15) is 5.75 Å². The van der Waals surface area contributed by atoms with Crippen LogP contribution in [0.5, 0.6) is 5.75 Å². The second-order valence-electron chi connectivity index (χ2n) is 7.58. The van der Waals surface area contributed by atoms with Crippen LogP contribution >= 0.6 is 11.6 Å². The molecule has 0 fully saturated rings. The Kier molecular flexibility index (Phi) is 3.16. The van der Waals surface area contributed by atoms with Gasteiger partial charge in [0.15, 0.2) is 17.9 Å². The van der Waals surface area contributed by atoms with Gasteiger partial charge in [-0.05, 0) is 18.2 Å². The van der Waals surface area contributed by atoms with Gasteiger partial charge < -0.3 is 13.9 Å². The van der Waals surface area contributed by atoms with Gasteiger partial charge in [0.2, 0.25) is 0 Å². The molecule has 0 unspecified atom stereocenters. The van der Waals surface area contributed by atoms with Gasteiger partial charge in [0.05, 0.1) is 41.4 Å². The Balaban J connectivity index is 1.76. The summed E-state index contributed by atoms with van der Waals surface area (Å²) >= 11 is 6.36. The zero-order valence-electron chi connectivity index (χ0n) is 14.9. The van der Waals surface area contributed by atoms with E-state index < -0.39 is 5.41 Å². The molecule has 0 saturated carbocycles. The molecule has 4 nitrogen and oxygen atoms in total. The number of benzene rings is 1. The van der Waals surface area contributed by atoms with Gasteiger partial charge in [0, 0.05) is 40.8 Å². The van der Waals surface area contributed by atoms with Crippen molar-refractivity contribution < 1.29 is 18.5 Å². The first-order valence-corrected chi connectivity index (χ1v) is 9.66. The molecule has 2 aliphatic heterocycles. The van der Waals surface area contributed by atoms with Crippen molar-refractivity contribution in [3.8, 4) is 5.75 Å². The summed E-state index contributed by atoms with van der Waals surface area (Å²) in [6.45, 7) is 0. The Hall–Kier alpha value is -2.98. The molecule has 2 bridgehead atoms. The predicted octanol–water partition coefficient (Wildman–Crippen LogP) is 4.94. The third-order valence-electron chi connectivity index (χ3n) is 6.48. The Morgan fingerprint density at radius 3 is 2.43 bits per heavy atom. The van der Waals surface area contributed by atoms with Crippen LogP contribution in [0.4, 0.5) is 0 Å². The summed E-state index contributed by atoms with van der Waals surface area (Å²) < 4.78 is 13.3. The summed E-state index contributed by atoms with van der Waals surface area (Å²) in [4.78, 5) is 0. The number of halogens is 1. The lowest BCUT2D eigenvalue weighted by Gasteiger charge is -2.48. The fraction of sp³-hybridized carbons (Fsp3) is 0.174. The Labute approximate surface area is 166 Å². The van der Waals surface area contributed by atoms with Crippen LogP contribution in [0.15, 0.2) is 82.5 Å². The van der Waals surface area contributed by atoms with E-state index in [1.54, 1.807) is 18.6 Å². The van der Waals surface area contributed by atoms with E-state index in [1.807, 2.05) is 36.8 Å². The predicted molar refractivity (Wildman–Crippen MR) is 103 cm³/mol. The highest BCUT2D eigenvalue weighted by Gasteiger charge is 2.61. The minimum Gasteiger partial charge on any atom is -0.506 e. The second-order valence-corrected chi connectivity index (χ2v) is 7.99. The van der Waals surface area contributed by atoms with Crippen LogP contribution in [0.2, 0.25) is 5.02 Å². The Morgan fingerprint density at radius 1 is 1.00 bits per heavy atom. The van der Waals surface area contributed by atoms with Gasteiger partial charge >= 0.3 is 0 Å². The van der Waals surface area contributed by atoms with Gasteiger partial charge in [0.25, 0.3) is 0 Å². The van der Waals surface area contributed by atoms with Crippen LogP contribution < -0.4 is 4.57 Å². The summed E-state index contributed by atoms with van der Waals surface area (Å²) in [5.74, 6) is 0.0444. The molecule has 3 aromatic heterocycles. The number of hydrogen-bond acceptors (Lipinski definition) is 3. The lowest BCUT2D eigenvalue weighted by molar-refractivity contribution is -0.732. The van der Waals surface area contributed by atoms with E-state index in [0.717, 1.165) is 34.4 Å². The highest BCUT2D eigenvalue weighted by molar-refractivity contribution is 6.32. The first-order valence-electron chi connectivity index (χ1n) is 9.28. The first-order chi connectivity index (χ1) is 13.7. The number of phenolic OH excluding ortho intramolecular Hbond substituents is 1. The van der Waals surface area contributed by atoms with Gasteiger partial charge in [-0.25, -0.2) is 0 Å². The summed E-state index contributed by atoms with van der Waals surface area (Å²) in [6, 6.07) is 14.2. The largest absolute Gasteiger partial charge is 0.506 e. The molecule has 3 aliphatic rings. The number of fused-ring (bicyclic) bond motifs is 1. The standard InChI is InChI=1S/C23H16ClNO3/c24-17-5-4-16-19-11-23(14-6-9-27-12-14,15-7-10-28-13-15)21(20(16)22(17)26)18-3-1-2-8-25(18)19/h1-10,12-13,19,21H,11H2/p+1/t19-,21-/m0/s1. The number of nitrogens with zero attached hydrogens (tertiary/aromatic N) is 1. The number of hydrogen-bond donors (Lipinski definition) is 1. The SMILES string of the molecule is Oc1c(Cl)ccc2c1[C@@H]1c3cccc[n+]3[C@H]2CC1(c1ccoc1)c1ccoc1. The van der Waals surface area contributed by atoms with Crippen molar-refractivity contribution in [3.63, 3.8) is 0 Å². The molecule has 0 saturated heterocycles. The summed E-state index contributed by atoms with van der Waals surface area (Å²) in [7, 11) is 0. The van der Waals surface area contributed by atoms with Crippen molar-refractivity contribution in [3.05, 3.63) is 107 Å². The fourth-order valence-electron chi connectivity index (χ4n) is 5.39. The first kappa shape index (κ1) is 16.0. The molecule has 28 heavy (non-hydrogen) atoms. The van der Waals surface area contributed by atoms with Crippen molar-refractivity contribution in [2.75, 3.05) is 0 Å². The molecular weight excluding hydrogens is 374 g/mol. The maximum atomic E-state index is 11.0. The maximum Gasteiger partial charge on any atom is 0.190 e. The zero-order valence-corrected chi connectivity index (χ0v) is 15.6. The van der Waals surface area contributed by atoms with Crippen LogP contribution in [-0.2, 0) is 5.41 Å². The molecule has 0 spiro atoms. The minimum atomic E-state index is -0.415. The number of aromatic nitrogens is 1. The van der Waals surface area contributed by atoms with Crippen molar-refractivity contribution in [1.82, 2.24) is 0 Å². The van der Waals surface area contributed by atoms with Crippen LogP contribution in [0.25, 0.3) is 0 Å². The van der Waals surface area contributed by atoms with E-state index >= 15 is 0 Å². The molecule has 1 N–H and O–H groups in total. The smallest absolute Gasteiger partial charge is 0.190 e. The molecule has 0 radical (unpaired) electrons. The van der Waals surface area contributed by atoms with Crippen molar-refractivity contribution in [2.24, 2.45) is 0 Å². The molecule has 138 valence electrons. The number of pyridine rings is 1. The Morgan fingerprint density at radius 2 is 1.75 bits per heavy atom. The third-order valence-corrected chi connectivity index (χ3v) is 6.79. The number of rotatable bonds is 2. The fourth-order valence-corrected chi connectivity index (χ4v) is 5.55. The molecule has 1 aromatic carbocycles. The summed E-state index contributed by atoms with van der Waals surface area (Å²) in [5.41, 5.74) is 4.90. The van der Waals surface area contributed by atoms with Crippen LogP contribution in [0.3, 0.4) is 0 Å². The molecular formula is C23H17ClNO3+. The minimum absolute atomic E-state index is 0.0733. The normalized spacial score (nSPS) is 21.3. The van der Waals surface area contributed by atoms with Gasteiger partial charge in [-0.2, -0.15) is 4.57 Å². The number of furan rings is 2. The molecule has 0 amide bonds. The number of aromatic hydroxyl groups is 1. The molecule has 5 heteroatoms. The van der Waals surface area contributed by atoms with E-state index in [-0.39, 0.29) is 17.7 Å². The van der Waals surface area contributed by atoms with Gasteiger partial charge in [-0.1, -0.05) is 23.7 Å². The zero-order chi connectivity index (χ0) is 18.9. The quantitative estimate of drug-likeness (QED) is 0.493. The van der Waals surface area contributed by atoms with Crippen molar-refractivity contribution in [1.29, 1.82) is 0 Å². The average molecular weight is 391 g/mol. The van der Waals surface area contributed by atoms with E-state index in [2.05, 4.69) is 22.9 Å². The molecule has 7 rings (SSSR count). The van der Waals surface area contributed by atoms with Crippen molar-refractivity contribution >= 4 is 11.6 Å². The van der Waals surface area contributed by atoms with E-state index in [0.29, 0.717) is 5.02 Å². The highest BCUT2D eigenvalue weighted by Crippen LogP contribution is 2.61. The maximum absolute atomic E-state index is 11.0. The third kappa shape index (κ3) is 1.83. The molecule has 4 aromatic rings.